The lowest BCUT2D eigenvalue weighted by Gasteiger charge is -2.25. The number of fused-ring (bicyclic) bond motifs is 3. The number of nitrogens with two attached hydrogens (primary N) is 2. The molecule has 23 heteroatoms. The van der Waals surface area contributed by atoms with Crippen LogP contribution in [0.4, 0.5) is 11.8 Å². The maximum absolute atomic E-state index is 13.3. The van der Waals surface area contributed by atoms with Gasteiger partial charge in [0.2, 0.25) is 18.7 Å². The minimum absolute atomic E-state index is 0.00936. The lowest BCUT2D eigenvalue weighted by molar-refractivity contribution is -0.0124. The van der Waals surface area contributed by atoms with Gasteiger partial charge in [-0.15, -0.1) is 0 Å². The van der Waals surface area contributed by atoms with E-state index in [4.69, 9.17) is 34.3 Å². The molecular weight excluding hydrogens is 658 g/mol. The van der Waals surface area contributed by atoms with Gasteiger partial charge in [-0.05, 0) is 18.3 Å². The molecule has 238 valence electrons. The van der Waals surface area contributed by atoms with Crippen LogP contribution in [0.25, 0.3) is 22.3 Å². The topological polar surface area (TPSA) is 283 Å². The van der Waals surface area contributed by atoms with E-state index in [-0.39, 0.29) is 64.2 Å². The van der Waals surface area contributed by atoms with Crippen molar-refractivity contribution in [2.45, 2.75) is 30.9 Å². The number of thiol groups is 1. The number of nitrogens with one attached hydrogen (secondary N) is 1. The predicted molar refractivity (Wildman–Crippen MR) is 159 cm³/mol. The monoisotopic (exact) mass is 682 g/mol. The molecule has 0 saturated heterocycles. The maximum atomic E-state index is 13.3. The van der Waals surface area contributed by atoms with E-state index in [0.29, 0.717) is 0 Å². The summed E-state index contributed by atoms with van der Waals surface area (Å²) in [6.45, 7) is -4.44. The van der Waals surface area contributed by atoms with Crippen LogP contribution in [0.15, 0.2) is 46.6 Å². The van der Waals surface area contributed by atoms with Gasteiger partial charge in [-0.1, -0.05) is 12.2 Å². The van der Waals surface area contributed by atoms with Crippen molar-refractivity contribution in [2.24, 2.45) is 0 Å². The Labute approximate surface area is 256 Å². The highest BCUT2D eigenvalue weighted by atomic mass is 32.7. The summed E-state index contributed by atoms with van der Waals surface area (Å²) in [4.78, 5) is 45.9. The Hall–Kier alpha value is -3.94. The van der Waals surface area contributed by atoms with Gasteiger partial charge in [-0.2, -0.15) is 4.98 Å². The number of nitrogens with zero attached hydrogens (tertiary/aromatic N) is 7. The molecule has 2 aliphatic heterocycles. The fourth-order valence-corrected chi connectivity index (χ4v) is 7.47. The number of phosphoric ester groups is 1. The zero-order valence-corrected chi connectivity index (χ0v) is 25.4. The molecule has 0 aromatic carbocycles. The van der Waals surface area contributed by atoms with Gasteiger partial charge in [0.25, 0.3) is 5.56 Å². The number of aromatic nitrogens is 8. The van der Waals surface area contributed by atoms with Gasteiger partial charge in [0, 0.05) is 0 Å². The van der Waals surface area contributed by atoms with Crippen molar-refractivity contribution in [3.63, 3.8) is 0 Å². The third kappa shape index (κ3) is 5.16. The van der Waals surface area contributed by atoms with Crippen molar-refractivity contribution in [2.75, 3.05) is 24.7 Å². The number of aromatic amines is 1. The summed E-state index contributed by atoms with van der Waals surface area (Å²) < 4.78 is 44.5. The van der Waals surface area contributed by atoms with Crippen molar-refractivity contribution in [3.05, 3.63) is 52.2 Å². The van der Waals surface area contributed by atoms with Crippen LogP contribution in [0, 0.1) is 0 Å². The molecule has 1 aliphatic carbocycles. The van der Waals surface area contributed by atoms with Crippen LogP contribution < -0.4 is 17.0 Å². The highest BCUT2D eigenvalue weighted by Gasteiger charge is 2.46. The van der Waals surface area contributed by atoms with Crippen molar-refractivity contribution >= 4 is 67.0 Å². The van der Waals surface area contributed by atoms with E-state index in [0.717, 1.165) is 0 Å². The molecule has 0 radical (unpaired) electrons. The lowest BCUT2D eigenvalue weighted by atomic mass is 10.1. The Kier molecular flexibility index (Phi) is 6.99. The first-order chi connectivity index (χ1) is 21.3. The molecule has 7 rings (SSSR count). The second kappa shape index (κ2) is 10.6. The Balaban J connectivity index is 1.23. The number of aliphatic hydroxyl groups excluding tert-OH is 2. The predicted octanol–water partition coefficient (Wildman–Crippen LogP) is 0.655. The second-order valence-electron chi connectivity index (χ2n) is 10.1. The molecule has 0 saturated carbocycles. The normalized spacial score (nSPS) is 30.9. The maximum Gasteiger partial charge on any atom is 0.473 e. The van der Waals surface area contributed by atoms with E-state index in [1.165, 1.54) is 28.1 Å². The minimum Gasteiger partial charge on any atom is -0.509 e. The van der Waals surface area contributed by atoms with Gasteiger partial charge in [0.15, 0.2) is 40.3 Å². The van der Waals surface area contributed by atoms with Gasteiger partial charge in [0.1, 0.15) is 36.6 Å². The van der Waals surface area contributed by atoms with E-state index >= 15 is 0 Å². The molecule has 4 unspecified atom stereocenters. The van der Waals surface area contributed by atoms with Crippen LogP contribution in [0.1, 0.15) is 18.7 Å². The Morgan fingerprint density at radius 3 is 2.64 bits per heavy atom. The molecule has 45 heavy (non-hydrogen) atoms. The molecule has 3 aliphatic rings. The summed E-state index contributed by atoms with van der Waals surface area (Å²) >= 11 is 4.46. The van der Waals surface area contributed by atoms with Crippen LogP contribution >= 0.6 is 26.6 Å². The fraction of sp³-hybridized carbons (Fsp3) is 0.318. The van der Waals surface area contributed by atoms with Crippen LogP contribution in [-0.4, -0.2) is 85.9 Å². The highest BCUT2D eigenvalue weighted by molar-refractivity contribution is 8.48. The van der Waals surface area contributed by atoms with E-state index in [2.05, 4.69) is 48.5 Å². The number of nitrogen functional groups attached to an aromatic ring is 2. The van der Waals surface area contributed by atoms with E-state index < -0.39 is 56.8 Å². The van der Waals surface area contributed by atoms with Crippen molar-refractivity contribution < 1.29 is 42.5 Å². The number of aliphatic hydroxyl groups is 2. The third-order valence-electron chi connectivity index (χ3n) is 7.27. The number of imidazole rings is 2. The van der Waals surface area contributed by atoms with E-state index in [1.54, 1.807) is 0 Å². The molecule has 6 atom stereocenters. The average molecular weight is 683 g/mol. The average Bonchev–Trinajstić information content (AvgIpc) is 3.72. The molecule has 0 amide bonds. The summed E-state index contributed by atoms with van der Waals surface area (Å²) in [6.07, 6.45) is 3.42. The number of ether oxygens (including phenoxy) is 1. The standard InChI is InChI=1S/C22H24N10O10P2S/c1-43(45)38-3-8-2-9(31-6-28-12-19(31)29-22(24)30-20(12)35)15(13(8)33)42-44(36,37)39-4-10-16(41-43)14(34)21(40-10)32-7-27-11-17(23)25-5-26-18(11)32/h5-7,9,14-15,21,33-34,45H,1-4H2,(H,36,37)(H2,23,25,26)(H3,24,29,30,35)/t9-,14?,15?,21-,43?/m1/s1. The van der Waals surface area contributed by atoms with Crippen LogP contribution in [0.2, 0.25) is 0 Å². The fourth-order valence-electron chi connectivity index (χ4n) is 5.24. The van der Waals surface area contributed by atoms with Gasteiger partial charge in [-0.3, -0.25) is 23.4 Å². The Morgan fingerprint density at radius 1 is 1.09 bits per heavy atom. The van der Waals surface area contributed by atoms with Crippen LogP contribution in [0.3, 0.4) is 0 Å². The second-order valence-corrected chi connectivity index (χ2v) is 15.1. The third-order valence-corrected chi connectivity index (χ3v) is 9.82. The smallest absolute Gasteiger partial charge is 0.473 e. The SMILES string of the molecule is C=P1(S)OCC2=C(O)C(OP(=O)(O)OCC3=C(O1)C(O)[C@H](n1cnc4c(N)ncnc41)O3)[C@H](n1cnc3c(=O)[nH]c(N)nc31)C2. The van der Waals surface area contributed by atoms with E-state index in [1.807, 2.05) is 0 Å². The largest absolute Gasteiger partial charge is 0.509 e. The Morgan fingerprint density at radius 2 is 1.84 bits per heavy atom. The first-order valence-electron chi connectivity index (χ1n) is 12.9. The number of rotatable bonds is 2. The summed E-state index contributed by atoms with van der Waals surface area (Å²) in [5.41, 5.74) is 11.7. The minimum atomic E-state index is -5.00. The quantitative estimate of drug-likeness (QED) is 0.113. The summed E-state index contributed by atoms with van der Waals surface area (Å²) in [7, 11) is -5.00. The zero-order valence-electron chi connectivity index (χ0n) is 22.7. The number of H-pyrrole nitrogens is 1. The number of phosphoric acid groups is 1. The number of hydrogen-bond acceptors (Lipinski definition) is 17. The summed E-state index contributed by atoms with van der Waals surface area (Å²) in [5.74, 6) is -0.972. The van der Waals surface area contributed by atoms with Crippen LogP contribution in [-0.2, 0) is 27.4 Å². The molecule has 0 fully saturated rings. The van der Waals surface area contributed by atoms with Crippen LogP contribution in [0.5, 0.6) is 0 Å². The molecule has 8 N–H and O–H groups in total. The van der Waals surface area contributed by atoms with Gasteiger partial charge in [-0.25, -0.2) is 24.5 Å². The molecule has 2 bridgehead atoms. The lowest BCUT2D eigenvalue weighted by Crippen LogP contribution is -2.25. The molecule has 4 aromatic heterocycles. The van der Waals surface area contributed by atoms with E-state index in [9.17, 15) is 24.5 Å². The van der Waals surface area contributed by atoms with Gasteiger partial charge < -0.3 is 44.9 Å². The van der Waals surface area contributed by atoms with Gasteiger partial charge >= 0.3 is 7.82 Å². The first kappa shape index (κ1) is 29.8. The van der Waals surface area contributed by atoms with Crippen molar-refractivity contribution in [1.82, 2.24) is 39.0 Å². The molecule has 6 heterocycles. The first-order valence-corrected chi connectivity index (χ1v) is 17.4. The van der Waals surface area contributed by atoms with Gasteiger partial charge in [0.05, 0.1) is 19.0 Å². The number of hydrogen-bond donors (Lipinski definition) is 7. The summed E-state index contributed by atoms with van der Waals surface area (Å²) in [5, 5.41) is 22.4. The molecular formula is C22H24N10O10P2S. The van der Waals surface area contributed by atoms with Crippen molar-refractivity contribution in [3.8, 4) is 0 Å². The summed E-state index contributed by atoms with van der Waals surface area (Å²) in [6, 6.07) is -0.944. The molecule has 0 spiro atoms. The molecule has 4 aromatic rings. The highest BCUT2D eigenvalue weighted by Crippen LogP contribution is 2.59. The molecule has 20 nitrogen and oxygen atoms in total. The van der Waals surface area contributed by atoms with Crippen molar-refractivity contribution in [1.29, 1.82) is 0 Å². The Bertz CT molecular complexity index is 2090. The number of anilines is 2. The zero-order chi connectivity index (χ0) is 31.8.